The predicted octanol–water partition coefficient (Wildman–Crippen LogP) is 2.20. The van der Waals surface area contributed by atoms with E-state index in [1.165, 1.54) is 12.1 Å². The first-order valence-electron chi connectivity index (χ1n) is 8.29. The van der Waals surface area contributed by atoms with E-state index in [0.717, 1.165) is 38.0 Å². The summed E-state index contributed by atoms with van der Waals surface area (Å²) in [5.41, 5.74) is 1.33. The van der Waals surface area contributed by atoms with Crippen LogP contribution in [-0.4, -0.2) is 48.3 Å². The number of amides is 2. The van der Waals surface area contributed by atoms with Crippen molar-refractivity contribution in [3.63, 3.8) is 0 Å². The summed E-state index contributed by atoms with van der Waals surface area (Å²) in [6, 6.07) is 5.81. The Bertz CT molecular complexity index is 571. The second kappa shape index (κ2) is 8.80. The highest BCUT2D eigenvalue weighted by Gasteiger charge is 2.21. The number of piperidine rings is 1. The zero-order chi connectivity index (χ0) is 17.5. The van der Waals surface area contributed by atoms with E-state index < -0.39 is 11.9 Å². The minimum atomic E-state index is -1.06. The van der Waals surface area contributed by atoms with Gasteiger partial charge in [-0.05, 0) is 25.8 Å². The van der Waals surface area contributed by atoms with Gasteiger partial charge in [0.05, 0.1) is 6.10 Å². The Hall–Kier alpha value is -1.92. The van der Waals surface area contributed by atoms with E-state index in [-0.39, 0.29) is 24.2 Å². The van der Waals surface area contributed by atoms with Crippen LogP contribution in [0.3, 0.4) is 0 Å². The Morgan fingerprint density at radius 3 is 2.71 bits per heavy atom. The molecule has 1 saturated heterocycles. The van der Waals surface area contributed by atoms with Crippen molar-refractivity contribution < 1.29 is 14.3 Å². The highest BCUT2D eigenvalue weighted by atomic mass is 19.1. The number of carbonyl (C=O) groups excluding carboxylic acids is 1. The Morgan fingerprint density at radius 1 is 1.42 bits per heavy atom. The maximum atomic E-state index is 13.6. The molecule has 0 radical (unpaired) electrons. The van der Waals surface area contributed by atoms with Crippen LogP contribution in [0.15, 0.2) is 36.4 Å². The molecule has 1 aliphatic heterocycles. The fourth-order valence-electron chi connectivity index (χ4n) is 2.90. The Labute approximate surface area is 142 Å². The molecule has 1 aromatic carbocycles. The van der Waals surface area contributed by atoms with Gasteiger partial charge in [-0.25, -0.2) is 9.18 Å². The molecule has 5 nitrogen and oxygen atoms in total. The predicted molar refractivity (Wildman–Crippen MR) is 92.2 cm³/mol. The molecule has 2 rings (SSSR count). The number of halogens is 1. The number of urea groups is 1. The van der Waals surface area contributed by atoms with Gasteiger partial charge in [0, 0.05) is 37.8 Å². The van der Waals surface area contributed by atoms with E-state index in [0.29, 0.717) is 0 Å². The van der Waals surface area contributed by atoms with Crippen molar-refractivity contribution in [1.82, 2.24) is 15.5 Å². The second-order valence-electron chi connectivity index (χ2n) is 6.40. The molecule has 1 unspecified atom stereocenters. The molecular formula is C18H26FN3O2. The number of carbonyl (C=O) groups is 1. The third-order valence-corrected chi connectivity index (χ3v) is 4.14. The fraction of sp³-hybridized carbons (Fsp3) is 0.500. The molecule has 0 bridgehead atoms. The SMILES string of the molecule is C=C(C)CN1CCC(NC(=O)NCC(O)c2ccccc2F)CC1. The van der Waals surface area contributed by atoms with Gasteiger partial charge in [-0.3, -0.25) is 4.90 Å². The Balaban J connectivity index is 1.70. The number of likely N-dealkylation sites (tertiary alicyclic amines) is 1. The van der Waals surface area contributed by atoms with Crippen LogP contribution in [0.2, 0.25) is 0 Å². The minimum Gasteiger partial charge on any atom is -0.386 e. The molecule has 0 aliphatic carbocycles. The lowest BCUT2D eigenvalue weighted by Crippen LogP contribution is -2.48. The van der Waals surface area contributed by atoms with Crippen molar-refractivity contribution in [2.45, 2.75) is 31.9 Å². The number of hydrogen-bond acceptors (Lipinski definition) is 3. The lowest BCUT2D eigenvalue weighted by atomic mass is 10.0. The smallest absolute Gasteiger partial charge is 0.315 e. The number of hydrogen-bond donors (Lipinski definition) is 3. The normalized spacial score (nSPS) is 17.3. The zero-order valence-corrected chi connectivity index (χ0v) is 14.1. The number of aliphatic hydroxyl groups is 1. The highest BCUT2D eigenvalue weighted by Crippen LogP contribution is 2.15. The summed E-state index contributed by atoms with van der Waals surface area (Å²) >= 11 is 0. The van der Waals surface area contributed by atoms with Crippen molar-refractivity contribution >= 4 is 6.03 Å². The van der Waals surface area contributed by atoms with Crippen LogP contribution in [0, 0.1) is 5.82 Å². The van der Waals surface area contributed by atoms with E-state index >= 15 is 0 Å². The highest BCUT2D eigenvalue weighted by molar-refractivity contribution is 5.74. The van der Waals surface area contributed by atoms with Gasteiger partial charge in [0.1, 0.15) is 5.82 Å². The lowest BCUT2D eigenvalue weighted by molar-refractivity contribution is 0.166. The van der Waals surface area contributed by atoms with Crippen molar-refractivity contribution in [3.05, 3.63) is 47.8 Å². The average molecular weight is 335 g/mol. The maximum Gasteiger partial charge on any atom is 0.315 e. The summed E-state index contributed by atoms with van der Waals surface area (Å²) < 4.78 is 13.6. The van der Waals surface area contributed by atoms with Gasteiger partial charge in [-0.15, -0.1) is 0 Å². The molecule has 1 atom stereocenters. The fourth-order valence-corrected chi connectivity index (χ4v) is 2.90. The van der Waals surface area contributed by atoms with Crippen molar-refractivity contribution in [2.75, 3.05) is 26.2 Å². The van der Waals surface area contributed by atoms with Crippen LogP contribution in [0.1, 0.15) is 31.4 Å². The molecule has 0 aromatic heterocycles. The first-order valence-corrected chi connectivity index (χ1v) is 8.29. The van der Waals surface area contributed by atoms with Crippen LogP contribution in [0.5, 0.6) is 0 Å². The maximum absolute atomic E-state index is 13.6. The van der Waals surface area contributed by atoms with Crippen LogP contribution >= 0.6 is 0 Å². The van der Waals surface area contributed by atoms with E-state index in [4.69, 9.17) is 0 Å². The van der Waals surface area contributed by atoms with Gasteiger partial charge < -0.3 is 15.7 Å². The number of aliphatic hydroxyl groups excluding tert-OH is 1. The molecule has 1 heterocycles. The summed E-state index contributed by atoms with van der Waals surface area (Å²) in [6.07, 6.45) is 0.710. The molecule has 6 heteroatoms. The third-order valence-electron chi connectivity index (χ3n) is 4.14. The van der Waals surface area contributed by atoms with Gasteiger partial charge >= 0.3 is 6.03 Å². The largest absolute Gasteiger partial charge is 0.386 e. The summed E-state index contributed by atoms with van der Waals surface area (Å²) in [7, 11) is 0. The number of rotatable bonds is 6. The lowest BCUT2D eigenvalue weighted by Gasteiger charge is -2.32. The van der Waals surface area contributed by atoms with Crippen LogP contribution in [0.25, 0.3) is 0 Å². The Kier molecular flexibility index (Phi) is 6.75. The van der Waals surface area contributed by atoms with Gasteiger partial charge in [-0.2, -0.15) is 0 Å². The summed E-state index contributed by atoms with van der Waals surface area (Å²) in [4.78, 5) is 14.3. The summed E-state index contributed by atoms with van der Waals surface area (Å²) in [5, 5.41) is 15.5. The standard InChI is InChI=1S/C18H26FN3O2/c1-13(2)12-22-9-7-14(8-10-22)21-18(24)20-11-17(23)15-5-3-4-6-16(15)19/h3-6,14,17,23H,1,7-12H2,2H3,(H2,20,21,24). The van der Waals surface area contributed by atoms with E-state index in [1.807, 2.05) is 6.92 Å². The molecule has 1 fully saturated rings. The summed E-state index contributed by atoms with van der Waals surface area (Å²) in [6.45, 7) is 8.65. The van der Waals surface area contributed by atoms with E-state index in [2.05, 4.69) is 22.1 Å². The van der Waals surface area contributed by atoms with Crippen LogP contribution in [-0.2, 0) is 0 Å². The first kappa shape index (κ1) is 18.4. The Morgan fingerprint density at radius 2 is 2.08 bits per heavy atom. The topological polar surface area (TPSA) is 64.6 Å². The van der Waals surface area contributed by atoms with E-state index in [9.17, 15) is 14.3 Å². The summed E-state index contributed by atoms with van der Waals surface area (Å²) in [5.74, 6) is -0.475. The number of nitrogens with one attached hydrogen (secondary N) is 2. The molecule has 3 N–H and O–H groups in total. The monoisotopic (exact) mass is 335 g/mol. The number of benzene rings is 1. The van der Waals surface area contributed by atoms with Crippen molar-refractivity contribution in [3.8, 4) is 0 Å². The van der Waals surface area contributed by atoms with Crippen LogP contribution in [0.4, 0.5) is 9.18 Å². The molecule has 132 valence electrons. The first-order chi connectivity index (χ1) is 11.5. The third kappa shape index (κ3) is 5.62. The molecule has 1 aromatic rings. The van der Waals surface area contributed by atoms with Gasteiger partial charge in [0.15, 0.2) is 0 Å². The molecule has 2 amide bonds. The van der Waals surface area contributed by atoms with Gasteiger partial charge in [0.25, 0.3) is 0 Å². The molecule has 24 heavy (non-hydrogen) atoms. The molecule has 0 spiro atoms. The average Bonchev–Trinajstić information content (AvgIpc) is 2.54. The van der Waals surface area contributed by atoms with Gasteiger partial charge in [-0.1, -0.05) is 30.4 Å². The zero-order valence-electron chi connectivity index (χ0n) is 14.1. The van der Waals surface area contributed by atoms with Crippen molar-refractivity contribution in [2.24, 2.45) is 0 Å². The van der Waals surface area contributed by atoms with Gasteiger partial charge in [0.2, 0.25) is 0 Å². The molecular weight excluding hydrogens is 309 g/mol. The molecule has 0 saturated carbocycles. The molecule has 1 aliphatic rings. The van der Waals surface area contributed by atoms with E-state index in [1.54, 1.807) is 12.1 Å². The van der Waals surface area contributed by atoms with Crippen LogP contribution < -0.4 is 10.6 Å². The number of nitrogens with zero attached hydrogens (tertiary/aromatic N) is 1. The van der Waals surface area contributed by atoms with Crippen molar-refractivity contribution in [1.29, 1.82) is 0 Å². The minimum absolute atomic E-state index is 0.0265. The second-order valence-corrected chi connectivity index (χ2v) is 6.40. The quantitative estimate of drug-likeness (QED) is 0.698.